The van der Waals surface area contributed by atoms with Gasteiger partial charge in [0.15, 0.2) is 10.7 Å². The van der Waals surface area contributed by atoms with Gasteiger partial charge < -0.3 is 14.7 Å². The molecule has 0 fully saturated rings. The topological polar surface area (TPSA) is 75.4 Å². The van der Waals surface area contributed by atoms with E-state index in [9.17, 15) is 9.59 Å². The molecule has 0 saturated heterocycles. The third kappa shape index (κ3) is 5.79. The molecule has 112 valence electrons. The Bertz CT molecular complexity index is 424. The molecule has 0 bridgehead atoms. The molecule has 0 aliphatic rings. The molecule has 0 saturated carbocycles. The van der Waals surface area contributed by atoms with E-state index < -0.39 is 10.7 Å². The number of hydrogen-bond donors (Lipinski definition) is 1. The Hall–Kier alpha value is -1.27. The highest BCUT2D eigenvalue weighted by atomic mass is 35.5. The van der Waals surface area contributed by atoms with Crippen molar-refractivity contribution in [3.05, 3.63) is 12.3 Å². The largest absolute Gasteiger partial charge is 0.363 e. The fourth-order valence-corrected chi connectivity index (χ4v) is 1.87. The Morgan fingerprint density at radius 3 is 2.75 bits per heavy atom. The number of rotatable bonds is 8. The van der Waals surface area contributed by atoms with Crippen molar-refractivity contribution >= 4 is 40.8 Å². The Morgan fingerprint density at radius 2 is 2.20 bits per heavy atom. The molecule has 8 heteroatoms. The van der Waals surface area contributed by atoms with Crippen molar-refractivity contribution in [1.29, 1.82) is 0 Å². The number of hydrogen-bond acceptors (Lipinski definition) is 4. The highest BCUT2D eigenvalue weighted by molar-refractivity contribution is 6.53. The molecule has 0 aliphatic heterocycles. The first kappa shape index (κ1) is 16.8. The number of anilines is 1. The average Bonchev–Trinajstić information content (AvgIpc) is 2.89. The SMILES string of the molecule is CCCCCN(CC(=O)Nc1ccon1)C(=O)C(Cl)Cl. The number of carbonyl (C=O) groups excluding carboxylic acids is 2. The van der Waals surface area contributed by atoms with E-state index in [4.69, 9.17) is 23.2 Å². The van der Waals surface area contributed by atoms with Crippen LogP contribution in [0.1, 0.15) is 26.2 Å². The fourth-order valence-electron chi connectivity index (χ4n) is 1.59. The van der Waals surface area contributed by atoms with Gasteiger partial charge in [-0.05, 0) is 6.42 Å². The van der Waals surface area contributed by atoms with Crippen LogP contribution >= 0.6 is 23.2 Å². The Balaban J connectivity index is 2.53. The Kier molecular flexibility index (Phi) is 7.40. The first-order valence-electron chi connectivity index (χ1n) is 6.31. The van der Waals surface area contributed by atoms with E-state index in [1.54, 1.807) is 0 Å². The summed E-state index contributed by atoms with van der Waals surface area (Å²) in [5, 5.41) is 6.07. The molecule has 2 amide bonds. The first-order chi connectivity index (χ1) is 9.54. The van der Waals surface area contributed by atoms with Crippen LogP contribution in [0.3, 0.4) is 0 Å². The third-order valence-electron chi connectivity index (χ3n) is 2.57. The molecule has 0 aliphatic carbocycles. The normalized spacial score (nSPS) is 10.6. The van der Waals surface area contributed by atoms with Gasteiger partial charge in [-0.2, -0.15) is 0 Å². The number of amides is 2. The second kappa shape index (κ2) is 8.81. The summed E-state index contributed by atoms with van der Waals surface area (Å²) in [7, 11) is 0. The highest BCUT2D eigenvalue weighted by Gasteiger charge is 2.22. The maximum atomic E-state index is 11.8. The molecule has 20 heavy (non-hydrogen) atoms. The van der Waals surface area contributed by atoms with Gasteiger partial charge in [0, 0.05) is 12.6 Å². The van der Waals surface area contributed by atoms with E-state index in [1.165, 1.54) is 17.2 Å². The van der Waals surface area contributed by atoms with E-state index in [1.807, 2.05) is 0 Å². The monoisotopic (exact) mass is 321 g/mol. The zero-order valence-corrected chi connectivity index (χ0v) is 12.7. The number of carbonyl (C=O) groups is 2. The predicted molar refractivity (Wildman–Crippen MR) is 76.7 cm³/mol. The van der Waals surface area contributed by atoms with Gasteiger partial charge in [-0.25, -0.2) is 0 Å². The Morgan fingerprint density at radius 1 is 1.45 bits per heavy atom. The summed E-state index contributed by atoms with van der Waals surface area (Å²) >= 11 is 11.2. The molecule has 1 heterocycles. The van der Waals surface area contributed by atoms with Gasteiger partial charge in [-0.1, -0.05) is 48.1 Å². The molecule has 0 atom stereocenters. The second-order valence-corrected chi connectivity index (χ2v) is 5.30. The molecule has 0 spiro atoms. The summed E-state index contributed by atoms with van der Waals surface area (Å²) < 4.78 is 4.60. The predicted octanol–water partition coefficient (Wildman–Crippen LogP) is 2.44. The molecule has 1 N–H and O–H groups in total. The molecule has 1 rings (SSSR count). The van der Waals surface area contributed by atoms with E-state index in [0.717, 1.165) is 19.3 Å². The number of nitrogens with one attached hydrogen (secondary N) is 1. The number of aromatic nitrogens is 1. The molecular formula is C12H17Cl2N3O3. The van der Waals surface area contributed by atoms with Crippen molar-refractivity contribution in [1.82, 2.24) is 10.1 Å². The molecule has 1 aromatic heterocycles. The lowest BCUT2D eigenvalue weighted by Crippen LogP contribution is -2.41. The van der Waals surface area contributed by atoms with E-state index >= 15 is 0 Å². The van der Waals surface area contributed by atoms with Crippen LogP contribution in [0.5, 0.6) is 0 Å². The molecular weight excluding hydrogens is 305 g/mol. The van der Waals surface area contributed by atoms with Crippen molar-refractivity contribution in [3.8, 4) is 0 Å². The van der Waals surface area contributed by atoms with Gasteiger partial charge in [0.25, 0.3) is 5.91 Å². The van der Waals surface area contributed by atoms with E-state index in [0.29, 0.717) is 12.4 Å². The van der Waals surface area contributed by atoms with E-state index in [2.05, 4.69) is 21.9 Å². The number of halogens is 2. The first-order valence-corrected chi connectivity index (χ1v) is 7.19. The summed E-state index contributed by atoms with van der Waals surface area (Å²) in [6.45, 7) is 2.37. The van der Waals surface area contributed by atoms with Crippen molar-refractivity contribution in [2.24, 2.45) is 0 Å². The van der Waals surface area contributed by atoms with Crippen molar-refractivity contribution in [3.63, 3.8) is 0 Å². The number of alkyl halides is 2. The van der Waals surface area contributed by atoms with Crippen LogP contribution in [-0.4, -0.2) is 39.8 Å². The summed E-state index contributed by atoms with van der Waals surface area (Å²) in [4.78, 5) is 23.8. The lowest BCUT2D eigenvalue weighted by atomic mass is 10.2. The van der Waals surface area contributed by atoms with Gasteiger partial charge in [-0.3, -0.25) is 9.59 Å². The van der Waals surface area contributed by atoms with Gasteiger partial charge in [0.05, 0.1) is 6.54 Å². The van der Waals surface area contributed by atoms with Gasteiger partial charge in [0.2, 0.25) is 5.91 Å². The summed E-state index contributed by atoms with van der Waals surface area (Å²) in [5.74, 6) is -0.554. The molecule has 0 radical (unpaired) electrons. The zero-order chi connectivity index (χ0) is 15.0. The summed E-state index contributed by atoms with van der Waals surface area (Å²) in [5.41, 5.74) is 0. The highest BCUT2D eigenvalue weighted by Crippen LogP contribution is 2.09. The summed E-state index contributed by atoms with van der Waals surface area (Å²) in [6.07, 6.45) is 4.11. The quantitative estimate of drug-likeness (QED) is 0.589. The van der Waals surface area contributed by atoms with Crippen LogP contribution < -0.4 is 5.32 Å². The van der Waals surface area contributed by atoms with Crippen LogP contribution in [0.25, 0.3) is 0 Å². The molecule has 0 unspecified atom stereocenters. The lowest BCUT2D eigenvalue weighted by molar-refractivity contribution is -0.133. The van der Waals surface area contributed by atoms with Gasteiger partial charge in [-0.15, -0.1) is 0 Å². The van der Waals surface area contributed by atoms with Crippen LogP contribution in [-0.2, 0) is 9.59 Å². The van der Waals surface area contributed by atoms with Crippen LogP contribution in [0.2, 0.25) is 0 Å². The lowest BCUT2D eigenvalue weighted by Gasteiger charge is -2.22. The molecule has 6 nitrogen and oxygen atoms in total. The number of nitrogens with zero attached hydrogens (tertiary/aromatic N) is 2. The molecule has 0 aromatic carbocycles. The van der Waals surface area contributed by atoms with Crippen molar-refractivity contribution in [2.75, 3.05) is 18.4 Å². The maximum absolute atomic E-state index is 11.8. The van der Waals surface area contributed by atoms with Gasteiger partial charge >= 0.3 is 0 Å². The van der Waals surface area contributed by atoms with Gasteiger partial charge in [0.1, 0.15) is 6.26 Å². The average molecular weight is 322 g/mol. The minimum Gasteiger partial charge on any atom is -0.363 e. The van der Waals surface area contributed by atoms with Crippen LogP contribution in [0.4, 0.5) is 5.82 Å². The van der Waals surface area contributed by atoms with E-state index in [-0.39, 0.29) is 12.5 Å². The zero-order valence-electron chi connectivity index (χ0n) is 11.1. The van der Waals surface area contributed by atoms with Crippen LogP contribution in [0, 0.1) is 0 Å². The smallest absolute Gasteiger partial charge is 0.256 e. The van der Waals surface area contributed by atoms with Crippen LogP contribution in [0.15, 0.2) is 16.9 Å². The van der Waals surface area contributed by atoms with Crippen molar-refractivity contribution in [2.45, 2.75) is 31.0 Å². The maximum Gasteiger partial charge on any atom is 0.256 e. The minimum atomic E-state index is -1.17. The molecule has 1 aromatic rings. The Labute approximate surface area is 127 Å². The van der Waals surface area contributed by atoms with Crippen molar-refractivity contribution < 1.29 is 14.1 Å². The summed E-state index contributed by atoms with van der Waals surface area (Å²) in [6, 6.07) is 1.51. The standard InChI is InChI=1S/C12H17Cl2N3O3/c1-2-3-4-6-17(12(19)11(13)14)8-10(18)15-9-5-7-20-16-9/h5,7,11H,2-4,6,8H2,1H3,(H,15,16,18). The second-order valence-electron chi connectivity index (χ2n) is 4.20. The fraction of sp³-hybridized carbons (Fsp3) is 0.583. The third-order valence-corrected chi connectivity index (χ3v) is 2.94. The number of unbranched alkanes of at least 4 members (excludes halogenated alkanes) is 2. The minimum absolute atomic E-state index is 0.120.